The Kier molecular flexibility index (Phi) is 5.88. The highest BCUT2D eigenvalue weighted by molar-refractivity contribution is 14.1. The first kappa shape index (κ1) is 20.1. The van der Waals surface area contributed by atoms with Gasteiger partial charge in [0.05, 0.1) is 9.78 Å². The number of aromatic hydroxyl groups is 1. The zero-order valence-electron chi connectivity index (χ0n) is 16.2. The average molecular weight is 487 g/mol. The molecule has 1 aromatic heterocycles. The fourth-order valence-electron chi connectivity index (χ4n) is 3.27. The van der Waals surface area contributed by atoms with Crippen LogP contribution in [0, 0.1) is 31.3 Å². The Morgan fingerprint density at radius 1 is 1.07 bits per heavy atom. The van der Waals surface area contributed by atoms with Crippen molar-refractivity contribution in [2.75, 3.05) is 0 Å². The number of hydrazone groups is 1. The first-order valence-electron chi connectivity index (χ1n) is 8.86. The van der Waals surface area contributed by atoms with Crippen molar-refractivity contribution in [2.24, 2.45) is 5.10 Å². The fraction of sp³-hybridized carbons (Fsp3) is 0.182. The zero-order chi connectivity index (χ0) is 20.4. The van der Waals surface area contributed by atoms with E-state index in [0.29, 0.717) is 9.13 Å². The number of benzene rings is 2. The smallest absolute Gasteiger partial charge is 0.271 e. The van der Waals surface area contributed by atoms with Crippen LogP contribution in [-0.4, -0.2) is 21.8 Å². The molecule has 0 aliphatic carbocycles. The highest BCUT2D eigenvalue weighted by atomic mass is 127. The summed E-state index contributed by atoms with van der Waals surface area (Å²) in [7, 11) is 0. The van der Waals surface area contributed by atoms with E-state index in [1.807, 2.05) is 35.6 Å². The van der Waals surface area contributed by atoms with Gasteiger partial charge in [-0.15, -0.1) is 0 Å². The predicted molar refractivity (Wildman–Crippen MR) is 121 cm³/mol. The lowest BCUT2D eigenvalue weighted by molar-refractivity contribution is 0.0954. The summed E-state index contributed by atoms with van der Waals surface area (Å²) in [5.74, 6) is -0.291. The van der Waals surface area contributed by atoms with Gasteiger partial charge in [-0.3, -0.25) is 4.79 Å². The van der Waals surface area contributed by atoms with Gasteiger partial charge in [0.25, 0.3) is 5.91 Å². The monoisotopic (exact) mass is 487 g/mol. The standard InChI is InChI=1S/C22H22IN3O2/c1-13-7-14(2)9-19(8-13)26-15(3)10-18(16(26)4)12-24-25-22(28)17-5-6-20(23)21(27)11-17/h5-12,27H,1-4H3,(H,25,28)/b24-12-. The number of carbonyl (C=O) groups excluding carboxylic acids is 1. The third kappa shape index (κ3) is 4.27. The molecule has 5 nitrogen and oxygen atoms in total. The van der Waals surface area contributed by atoms with Crippen molar-refractivity contribution in [1.29, 1.82) is 0 Å². The number of phenolic OH excluding ortho intramolecular Hbond substituents is 1. The molecule has 0 radical (unpaired) electrons. The summed E-state index contributed by atoms with van der Waals surface area (Å²) in [4.78, 5) is 12.2. The normalized spacial score (nSPS) is 11.2. The van der Waals surface area contributed by atoms with Crippen LogP contribution in [0.2, 0.25) is 0 Å². The van der Waals surface area contributed by atoms with E-state index in [1.54, 1.807) is 18.3 Å². The number of amides is 1. The summed E-state index contributed by atoms with van der Waals surface area (Å²) in [5, 5.41) is 13.8. The molecule has 0 saturated heterocycles. The molecule has 1 heterocycles. The van der Waals surface area contributed by atoms with E-state index in [2.05, 4.69) is 54.1 Å². The van der Waals surface area contributed by atoms with Crippen molar-refractivity contribution >= 4 is 34.7 Å². The van der Waals surface area contributed by atoms with Gasteiger partial charge in [-0.1, -0.05) is 6.07 Å². The molecule has 0 bridgehead atoms. The van der Waals surface area contributed by atoms with Gasteiger partial charge >= 0.3 is 0 Å². The van der Waals surface area contributed by atoms with Crippen LogP contribution in [0.1, 0.15) is 38.4 Å². The van der Waals surface area contributed by atoms with Gasteiger partial charge in [0.1, 0.15) is 5.75 Å². The highest BCUT2D eigenvalue weighted by Crippen LogP contribution is 2.22. The summed E-state index contributed by atoms with van der Waals surface area (Å²) in [6.07, 6.45) is 1.64. The van der Waals surface area contributed by atoms with E-state index in [1.165, 1.54) is 17.2 Å². The van der Waals surface area contributed by atoms with Crippen molar-refractivity contribution in [2.45, 2.75) is 27.7 Å². The molecule has 0 aliphatic heterocycles. The van der Waals surface area contributed by atoms with Crippen molar-refractivity contribution in [3.05, 3.63) is 79.7 Å². The molecule has 0 fully saturated rings. The topological polar surface area (TPSA) is 66.6 Å². The van der Waals surface area contributed by atoms with Crippen LogP contribution in [-0.2, 0) is 0 Å². The number of carbonyl (C=O) groups is 1. The van der Waals surface area contributed by atoms with Crippen molar-refractivity contribution in [1.82, 2.24) is 9.99 Å². The number of nitrogens with one attached hydrogen (secondary N) is 1. The third-order valence-corrected chi connectivity index (χ3v) is 5.43. The first-order chi connectivity index (χ1) is 13.3. The molecule has 144 valence electrons. The second-order valence-corrected chi connectivity index (χ2v) is 8.04. The van der Waals surface area contributed by atoms with E-state index in [0.717, 1.165) is 22.6 Å². The highest BCUT2D eigenvalue weighted by Gasteiger charge is 2.11. The molecule has 3 aromatic rings. The Morgan fingerprint density at radius 3 is 2.39 bits per heavy atom. The molecule has 3 rings (SSSR count). The first-order valence-corrected chi connectivity index (χ1v) is 9.93. The molecule has 1 amide bonds. The van der Waals surface area contributed by atoms with Crippen molar-refractivity contribution in [3.63, 3.8) is 0 Å². The minimum Gasteiger partial charge on any atom is -0.507 e. The molecular formula is C22H22IN3O2. The Bertz CT molecular complexity index is 1060. The van der Waals surface area contributed by atoms with Crippen LogP contribution in [0.4, 0.5) is 0 Å². The summed E-state index contributed by atoms with van der Waals surface area (Å²) in [5.41, 5.74) is 9.49. The summed E-state index contributed by atoms with van der Waals surface area (Å²) in [6.45, 7) is 8.26. The van der Waals surface area contributed by atoms with E-state index in [9.17, 15) is 9.90 Å². The second kappa shape index (κ2) is 8.18. The minimum absolute atomic E-state index is 0.0780. The van der Waals surface area contributed by atoms with Crippen LogP contribution in [0.25, 0.3) is 5.69 Å². The van der Waals surface area contributed by atoms with E-state index in [4.69, 9.17) is 0 Å². The Hall–Kier alpha value is -2.61. The molecule has 0 unspecified atom stereocenters. The van der Waals surface area contributed by atoms with Crippen LogP contribution in [0.5, 0.6) is 5.75 Å². The van der Waals surface area contributed by atoms with Gasteiger partial charge in [-0.2, -0.15) is 5.10 Å². The molecule has 2 aromatic carbocycles. The summed E-state index contributed by atoms with van der Waals surface area (Å²) < 4.78 is 2.87. The Morgan fingerprint density at radius 2 is 1.75 bits per heavy atom. The molecule has 0 atom stereocenters. The number of hydrogen-bond donors (Lipinski definition) is 2. The molecule has 28 heavy (non-hydrogen) atoms. The molecule has 6 heteroatoms. The SMILES string of the molecule is Cc1cc(C)cc(-n2c(C)cc(/C=N\NC(=O)c3ccc(I)c(O)c3)c2C)c1. The predicted octanol–water partition coefficient (Wildman–Crippen LogP) is 4.79. The van der Waals surface area contributed by atoms with Crippen LogP contribution >= 0.6 is 22.6 Å². The quantitative estimate of drug-likeness (QED) is 0.316. The number of aryl methyl sites for hydroxylation is 3. The number of hydrogen-bond acceptors (Lipinski definition) is 3. The van der Waals surface area contributed by atoms with Crippen LogP contribution < -0.4 is 5.43 Å². The molecule has 2 N–H and O–H groups in total. The van der Waals surface area contributed by atoms with Crippen LogP contribution in [0.3, 0.4) is 0 Å². The fourth-order valence-corrected chi connectivity index (χ4v) is 3.61. The van der Waals surface area contributed by atoms with Gasteiger partial charge in [-0.05, 0) is 97.8 Å². The lowest BCUT2D eigenvalue weighted by Gasteiger charge is -2.11. The Labute approximate surface area is 178 Å². The summed E-state index contributed by atoms with van der Waals surface area (Å²) >= 11 is 2.00. The average Bonchev–Trinajstić information content (AvgIpc) is 2.90. The van der Waals surface area contributed by atoms with Crippen molar-refractivity contribution < 1.29 is 9.90 Å². The number of rotatable bonds is 4. The molecular weight excluding hydrogens is 465 g/mol. The van der Waals surface area contributed by atoms with Crippen LogP contribution in [0.15, 0.2) is 47.6 Å². The second-order valence-electron chi connectivity index (χ2n) is 6.87. The maximum absolute atomic E-state index is 12.2. The number of phenols is 1. The largest absolute Gasteiger partial charge is 0.507 e. The van der Waals surface area contributed by atoms with Gasteiger partial charge in [0.15, 0.2) is 0 Å². The van der Waals surface area contributed by atoms with Crippen molar-refractivity contribution in [3.8, 4) is 11.4 Å². The van der Waals surface area contributed by atoms with Gasteiger partial charge in [-0.25, -0.2) is 5.43 Å². The van der Waals surface area contributed by atoms with Gasteiger partial charge in [0, 0.05) is 28.2 Å². The maximum Gasteiger partial charge on any atom is 0.271 e. The van der Waals surface area contributed by atoms with Gasteiger partial charge < -0.3 is 9.67 Å². The number of aromatic nitrogens is 1. The molecule has 0 aliphatic rings. The molecule has 0 saturated carbocycles. The summed E-state index contributed by atoms with van der Waals surface area (Å²) in [6, 6.07) is 13.3. The lowest BCUT2D eigenvalue weighted by atomic mass is 10.1. The molecule has 0 spiro atoms. The third-order valence-electron chi connectivity index (χ3n) is 4.51. The van der Waals surface area contributed by atoms with E-state index < -0.39 is 0 Å². The van der Waals surface area contributed by atoms with E-state index in [-0.39, 0.29) is 11.7 Å². The Balaban J connectivity index is 1.81. The van der Waals surface area contributed by atoms with Gasteiger partial charge in [0.2, 0.25) is 0 Å². The lowest BCUT2D eigenvalue weighted by Crippen LogP contribution is -2.17. The number of halogens is 1. The van der Waals surface area contributed by atoms with E-state index >= 15 is 0 Å². The maximum atomic E-state index is 12.2. The zero-order valence-corrected chi connectivity index (χ0v) is 18.4. The number of nitrogens with zero attached hydrogens (tertiary/aromatic N) is 2. The minimum atomic E-state index is -0.369.